The Morgan fingerprint density at radius 1 is 1.09 bits per heavy atom. The second kappa shape index (κ2) is 8.59. The van der Waals surface area contributed by atoms with Crippen molar-refractivity contribution in [3.05, 3.63) is 64.1 Å². The summed E-state index contributed by atoms with van der Waals surface area (Å²) in [5.41, 5.74) is -0.0604. The van der Waals surface area contributed by atoms with Gasteiger partial charge >= 0.3 is 11.9 Å². The van der Waals surface area contributed by atoms with Gasteiger partial charge in [-0.25, -0.2) is 4.79 Å². The number of benzene rings is 2. The van der Waals surface area contributed by atoms with E-state index in [4.69, 9.17) is 0 Å². The van der Waals surface area contributed by atoms with Crippen LogP contribution in [-0.2, 0) is 6.18 Å². The molecule has 2 aromatic carbocycles. The highest BCUT2D eigenvalue weighted by atomic mass is 32.2. The van der Waals surface area contributed by atoms with Gasteiger partial charge in [-0.1, -0.05) is 6.07 Å². The summed E-state index contributed by atoms with van der Waals surface area (Å²) in [7, 11) is 0. The van der Waals surface area contributed by atoms with Gasteiger partial charge in [0.25, 0.3) is 5.91 Å². The van der Waals surface area contributed by atoms with Crippen LogP contribution in [0.5, 0.6) is 0 Å². The molecule has 5 nitrogen and oxygen atoms in total. The summed E-state index contributed by atoms with van der Waals surface area (Å²) in [6.07, 6.45) is -2.75. The molecular weight excluding hydrogens is 451 g/mol. The second-order valence-electron chi connectivity index (χ2n) is 8.96. The Morgan fingerprint density at radius 3 is 2.42 bits per heavy atom. The molecule has 1 N–H and O–H groups in total. The fourth-order valence-corrected chi connectivity index (χ4v) is 5.62. The van der Waals surface area contributed by atoms with E-state index in [1.165, 1.54) is 21.3 Å². The lowest BCUT2D eigenvalue weighted by Crippen LogP contribution is -2.48. The predicted octanol–water partition coefficient (Wildman–Crippen LogP) is 5.41. The number of fused-ring (bicyclic) bond motifs is 1. The van der Waals surface area contributed by atoms with Crippen LogP contribution < -0.4 is 11.0 Å². The quantitative estimate of drug-likeness (QED) is 0.547. The van der Waals surface area contributed by atoms with Crippen molar-refractivity contribution in [3.8, 4) is 5.69 Å². The molecule has 1 aliphatic rings. The van der Waals surface area contributed by atoms with Gasteiger partial charge in [0.15, 0.2) is 0 Å². The molecule has 1 amide bonds. The summed E-state index contributed by atoms with van der Waals surface area (Å²) in [5.74, 6) is 1.76. The number of aromatic nitrogens is 2. The third-order valence-electron chi connectivity index (χ3n) is 6.10. The first-order valence-corrected chi connectivity index (χ1v) is 12.0. The van der Waals surface area contributed by atoms with E-state index >= 15 is 0 Å². The molecule has 0 radical (unpaired) electrons. The van der Waals surface area contributed by atoms with E-state index in [1.54, 1.807) is 18.2 Å². The van der Waals surface area contributed by atoms with Crippen LogP contribution in [0, 0.1) is 0 Å². The van der Waals surface area contributed by atoms with Crippen molar-refractivity contribution >= 4 is 28.7 Å². The highest BCUT2D eigenvalue weighted by Gasteiger charge is 2.31. The maximum atomic E-state index is 13.3. The first-order valence-electron chi connectivity index (χ1n) is 10.8. The summed E-state index contributed by atoms with van der Waals surface area (Å²) >= 11 is 1.87. The van der Waals surface area contributed by atoms with Crippen LogP contribution in [0.25, 0.3) is 16.7 Å². The lowest BCUT2D eigenvalue weighted by molar-refractivity contribution is -0.137. The van der Waals surface area contributed by atoms with E-state index < -0.39 is 17.4 Å². The Labute approximate surface area is 194 Å². The summed E-state index contributed by atoms with van der Waals surface area (Å²) in [5, 5.41) is 3.13. The molecule has 176 valence electrons. The van der Waals surface area contributed by atoms with Crippen LogP contribution in [0.4, 0.5) is 13.2 Å². The zero-order chi connectivity index (χ0) is 24.0. The van der Waals surface area contributed by atoms with Crippen LogP contribution in [-0.4, -0.2) is 32.1 Å². The zero-order valence-corrected chi connectivity index (χ0v) is 19.5. The van der Waals surface area contributed by atoms with Crippen molar-refractivity contribution in [1.82, 2.24) is 14.5 Å². The lowest BCUT2D eigenvalue weighted by Gasteiger charge is -2.34. The zero-order valence-electron chi connectivity index (χ0n) is 18.7. The number of thioether (sulfide) groups is 1. The van der Waals surface area contributed by atoms with Crippen molar-refractivity contribution in [2.45, 2.75) is 51.4 Å². The van der Waals surface area contributed by atoms with E-state index in [0.29, 0.717) is 16.6 Å². The number of carbonyl (C=O) groups is 1. The molecule has 0 spiro atoms. The average Bonchev–Trinajstić information content (AvgIpc) is 3.04. The van der Waals surface area contributed by atoms with Crippen LogP contribution in [0.15, 0.2) is 47.3 Å². The minimum Gasteiger partial charge on any atom is -0.347 e. The Kier molecular flexibility index (Phi) is 6.11. The van der Waals surface area contributed by atoms with Gasteiger partial charge in [-0.15, -0.1) is 0 Å². The minimum absolute atomic E-state index is 0.128. The van der Waals surface area contributed by atoms with Gasteiger partial charge in [-0.05, 0) is 81.5 Å². The van der Waals surface area contributed by atoms with Crippen LogP contribution in [0.2, 0.25) is 0 Å². The Bertz CT molecular complexity index is 1250. The fraction of sp³-hybridized carbons (Fsp3) is 0.417. The maximum Gasteiger partial charge on any atom is 0.416 e. The molecule has 1 aliphatic heterocycles. The SMILES string of the molecule is CC(C)n1c(=O)n(-c2cccc(C(F)(F)F)c2)c2ccc(C(=O)NC3(C)CCSCC3)cc21. The van der Waals surface area contributed by atoms with Gasteiger partial charge in [-0.3, -0.25) is 13.9 Å². The number of imidazole rings is 1. The molecule has 4 rings (SSSR count). The standard InChI is InChI=1S/C24H26F3N3O2S/c1-15(2)29-20-13-16(21(31)28-23(3)9-11-33-12-10-23)7-8-19(20)30(22(29)32)18-6-4-5-17(14-18)24(25,26)27/h4-8,13-15H,9-12H2,1-3H3,(H,28,31). The van der Waals surface area contributed by atoms with Crippen molar-refractivity contribution in [1.29, 1.82) is 0 Å². The number of alkyl halides is 3. The van der Waals surface area contributed by atoms with Gasteiger partial charge in [0.1, 0.15) is 0 Å². The van der Waals surface area contributed by atoms with E-state index in [2.05, 4.69) is 5.32 Å². The summed E-state index contributed by atoms with van der Waals surface area (Å²) in [4.78, 5) is 26.3. The second-order valence-corrected chi connectivity index (χ2v) is 10.2. The van der Waals surface area contributed by atoms with Gasteiger partial charge in [0, 0.05) is 17.1 Å². The monoisotopic (exact) mass is 477 g/mol. The Hall–Kier alpha value is -2.68. The smallest absolute Gasteiger partial charge is 0.347 e. The molecule has 0 unspecified atom stereocenters. The third-order valence-corrected chi connectivity index (χ3v) is 7.08. The maximum absolute atomic E-state index is 13.3. The molecule has 2 heterocycles. The number of carbonyl (C=O) groups excluding carboxylic acids is 1. The molecule has 0 aliphatic carbocycles. The molecule has 3 aromatic rings. The summed E-state index contributed by atoms with van der Waals surface area (Å²) < 4.78 is 42.6. The average molecular weight is 478 g/mol. The Morgan fingerprint density at radius 2 is 1.79 bits per heavy atom. The summed E-state index contributed by atoms with van der Waals surface area (Å²) in [6, 6.07) is 9.35. The number of hydrogen-bond acceptors (Lipinski definition) is 3. The van der Waals surface area contributed by atoms with E-state index in [0.717, 1.165) is 36.5 Å². The topological polar surface area (TPSA) is 56.0 Å². The first-order chi connectivity index (χ1) is 15.5. The van der Waals surface area contributed by atoms with Gasteiger partial charge in [0.05, 0.1) is 22.3 Å². The molecule has 0 saturated carbocycles. The van der Waals surface area contributed by atoms with Crippen molar-refractivity contribution in [3.63, 3.8) is 0 Å². The van der Waals surface area contributed by atoms with Gasteiger partial charge in [0.2, 0.25) is 0 Å². The molecule has 1 aromatic heterocycles. The fourth-order valence-electron chi connectivity index (χ4n) is 4.22. The van der Waals surface area contributed by atoms with Crippen molar-refractivity contribution < 1.29 is 18.0 Å². The largest absolute Gasteiger partial charge is 0.416 e. The number of rotatable bonds is 4. The van der Waals surface area contributed by atoms with Gasteiger partial charge < -0.3 is 5.32 Å². The summed E-state index contributed by atoms with van der Waals surface area (Å²) in [6.45, 7) is 5.69. The van der Waals surface area contributed by atoms with Crippen LogP contribution >= 0.6 is 11.8 Å². The number of nitrogens with one attached hydrogen (secondary N) is 1. The highest BCUT2D eigenvalue weighted by Crippen LogP contribution is 2.31. The first kappa shape index (κ1) is 23.5. The number of halogens is 3. The Balaban J connectivity index is 1.81. The molecule has 1 fully saturated rings. The number of amides is 1. The van der Waals surface area contributed by atoms with E-state index in [1.807, 2.05) is 32.5 Å². The van der Waals surface area contributed by atoms with Crippen molar-refractivity contribution in [2.75, 3.05) is 11.5 Å². The molecule has 1 saturated heterocycles. The molecule has 0 atom stereocenters. The number of hydrogen-bond donors (Lipinski definition) is 1. The molecular formula is C24H26F3N3O2S. The normalized spacial score (nSPS) is 16.3. The van der Waals surface area contributed by atoms with E-state index in [9.17, 15) is 22.8 Å². The molecule has 33 heavy (non-hydrogen) atoms. The van der Waals surface area contributed by atoms with Crippen molar-refractivity contribution in [2.24, 2.45) is 0 Å². The predicted molar refractivity (Wildman–Crippen MR) is 125 cm³/mol. The third kappa shape index (κ3) is 4.55. The van der Waals surface area contributed by atoms with Crippen LogP contribution in [0.1, 0.15) is 55.6 Å². The molecule has 0 bridgehead atoms. The number of nitrogens with zero attached hydrogens (tertiary/aromatic N) is 2. The van der Waals surface area contributed by atoms with Crippen LogP contribution in [0.3, 0.4) is 0 Å². The highest BCUT2D eigenvalue weighted by molar-refractivity contribution is 7.99. The minimum atomic E-state index is -4.52. The molecule has 9 heteroatoms. The van der Waals surface area contributed by atoms with E-state index in [-0.39, 0.29) is 23.2 Å². The lowest BCUT2D eigenvalue weighted by atomic mass is 9.94. The van der Waals surface area contributed by atoms with Gasteiger partial charge in [-0.2, -0.15) is 24.9 Å².